The van der Waals surface area contributed by atoms with Gasteiger partial charge in [0.1, 0.15) is 5.69 Å². The number of nitrogens with one attached hydrogen (secondary N) is 2. The van der Waals surface area contributed by atoms with Gasteiger partial charge in [-0.25, -0.2) is 9.67 Å². The third-order valence-corrected chi connectivity index (χ3v) is 7.71. The van der Waals surface area contributed by atoms with Gasteiger partial charge in [-0.2, -0.15) is 5.10 Å². The first-order chi connectivity index (χ1) is 18.0. The van der Waals surface area contributed by atoms with E-state index in [0.717, 1.165) is 40.6 Å². The Labute approximate surface area is 220 Å². The molecule has 1 saturated heterocycles. The fourth-order valence-electron chi connectivity index (χ4n) is 4.75. The Bertz CT molecular complexity index is 1330. The molecule has 37 heavy (non-hydrogen) atoms. The van der Waals surface area contributed by atoms with E-state index in [1.54, 1.807) is 6.20 Å². The summed E-state index contributed by atoms with van der Waals surface area (Å²) in [5, 5.41) is 13.6. The molecule has 2 N–H and O–H groups in total. The fraction of sp³-hybridized carbons (Fsp3) is 0.370. The Hall–Kier alpha value is -3.79. The van der Waals surface area contributed by atoms with Crippen molar-refractivity contribution in [1.29, 1.82) is 0 Å². The molecular formula is C27H31N7O2S. The predicted molar refractivity (Wildman–Crippen MR) is 143 cm³/mol. The number of hydrogen-bond acceptors (Lipinski definition) is 7. The molecule has 0 atom stereocenters. The molecule has 2 aliphatic rings. The van der Waals surface area contributed by atoms with E-state index in [1.807, 2.05) is 65.4 Å². The lowest BCUT2D eigenvalue weighted by atomic mass is 9.97. The number of dihydropyridines is 1. The first-order valence-corrected chi connectivity index (χ1v) is 13.5. The monoisotopic (exact) mass is 517 g/mol. The first kappa shape index (κ1) is 24.9. The van der Waals surface area contributed by atoms with Crippen molar-refractivity contribution in [2.75, 3.05) is 19.6 Å². The molecule has 0 aromatic carbocycles. The highest BCUT2D eigenvalue weighted by Gasteiger charge is 2.26. The molecule has 0 saturated carbocycles. The molecule has 0 spiro atoms. The van der Waals surface area contributed by atoms with Crippen molar-refractivity contribution in [3.05, 3.63) is 81.5 Å². The smallest absolute Gasteiger partial charge is 0.275 e. The minimum absolute atomic E-state index is 0.183. The maximum atomic E-state index is 13.1. The molecular weight excluding hydrogens is 486 g/mol. The fourth-order valence-corrected chi connectivity index (χ4v) is 5.72. The van der Waals surface area contributed by atoms with Gasteiger partial charge in [0.25, 0.3) is 5.91 Å². The van der Waals surface area contributed by atoms with Gasteiger partial charge in [-0.05, 0) is 56.9 Å². The molecule has 10 heteroatoms. The number of nitrogens with zero attached hydrogens (tertiary/aromatic N) is 5. The maximum absolute atomic E-state index is 13.1. The van der Waals surface area contributed by atoms with Gasteiger partial charge >= 0.3 is 0 Å². The largest absolute Gasteiger partial charge is 0.365 e. The van der Waals surface area contributed by atoms with Crippen molar-refractivity contribution in [1.82, 2.24) is 35.3 Å². The van der Waals surface area contributed by atoms with E-state index in [9.17, 15) is 9.59 Å². The third kappa shape index (κ3) is 5.80. The van der Waals surface area contributed by atoms with E-state index in [-0.39, 0.29) is 17.7 Å². The molecule has 1 fully saturated rings. The second-order valence-corrected chi connectivity index (χ2v) is 10.3. The van der Waals surface area contributed by atoms with Crippen LogP contribution in [0.2, 0.25) is 0 Å². The molecule has 3 aromatic heterocycles. The number of hydrogen-bond donors (Lipinski definition) is 2. The van der Waals surface area contributed by atoms with E-state index in [2.05, 4.69) is 25.7 Å². The summed E-state index contributed by atoms with van der Waals surface area (Å²) in [4.78, 5) is 36.5. The number of carbonyl (C=O) groups excluding carboxylic acids is 2. The van der Waals surface area contributed by atoms with E-state index in [1.165, 1.54) is 11.3 Å². The first-order valence-electron chi connectivity index (χ1n) is 12.6. The minimum atomic E-state index is -0.243. The molecule has 9 nitrogen and oxygen atoms in total. The minimum Gasteiger partial charge on any atom is -0.365 e. The van der Waals surface area contributed by atoms with Crippen LogP contribution < -0.4 is 10.6 Å². The maximum Gasteiger partial charge on any atom is 0.275 e. The Morgan fingerprint density at radius 3 is 2.81 bits per heavy atom. The van der Waals surface area contributed by atoms with Crippen LogP contribution in [0.25, 0.3) is 5.82 Å². The second kappa shape index (κ2) is 11.1. The van der Waals surface area contributed by atoms with Gasteiger partial charge in [0.2, 0.25) is 5.91 Å². The topological polar surface area (TPSA) is 105 Å². The van der Waals surface area contributed by atoms with E-state index in [4.69, 9.17) is 0 Å². The van der Waals surface area contributed by atoms with Crippen molar-refractivity contribution >= 4 is 29.0 Å². The van der Waals surface area contributed by atoms with Crippen molar-refractivity contribution in [3.8, 4) is 0 Å². The lowest BCUT2D eigenvalue weighted by molar-refractivity contribution is -0.132. The molecule has 0 bridgehead atoms. The quantitative estimate of drug-likeness (QED) is 0.498. The van der Waals surface area contributed by atoms with Crippen LogP contribution >= 0.6 is 11.3 Å². The summed E-state index contributed by atoms with van der Waals surface area (Å²) in [6.07, 6.45) is 10.3. The Morgan fingerprint density at radius 1 is 1.24 bits per heavy atom. The zero-order valence-corrected chi connectivity index (χ0v) is 21.9. The molecule has 2 amide bonds. The van der Waals surface area contributed by atoms with Crippen LogP contribution in [0.15, 0.2) is 53.8 Å². The number of aryl methyl sites for hydroxylation is 3. The van der Waals surface area contributed by atoms with Crippen molar-refractivity contribution in [2.24, 2.45) is 0 Å². The van der Waals surface area contributed by atoms with Crippen LogP contribution in [0.4, 0.5) is 0 Å². The highest BCUT2D eigenvalue weighted by atomic mass is 32.1. The molecule has 0 unspecified atom stereocenters. The summed E-state index contributed by atoms with van der Waals surface area (Å²) < 4.78 is 1.81. The van der Waals surface area contributed by atoms with Crippen LogP contribution in [0.1, 0.15) is 57.6 Å². The third-order valence-electron chi connectivity index (χ3n) is 6.70. The molecule has 192 valence electrons. The zero-order chi connectivity index (χ0) is 25.8. The Kier molecular flexibility index (Phi) is 7.45. The number of carbonyl (C=O) groups is 2. The van der Waals surface area contributed by atoms with Crippen LogP contribution in [-0.4, -0.2) is 56.1 Å². The van der Waals surface area contributed by atoms with Crippen molar-refractivity contribution in [2.45, 2.75) is 45.4 Å². The number of pyridine rings is 1. The van der Waals surface area contributed by atoms with Gasteiger partial charge in [0.05, 0.1) is 16.4 Å². The summed E-state index contributed by atoms with van der Waals surface area (Å²) >= 11 is 1.52. The van der Waals surface area contributed by atoms with E-state index >= 15 is 0 Å². The lowest BCUT2D eigenvalue weighted by Crippen LogP contribution is -2.38. The van der Waals surface area contributed by atoms with Gasteiger partial charge in [-0.1, -0.05) is 12.1 Å². The molecule has 5 rings (SSSR count). The normalized spacial score (nSPS) is 16.1. The van der Waals surface area contributed by atoms with Crippen LogP contribution in [0.5, 0.6) is 0 Å². The molecule has 0 radical (unpaired) electrons. The van der Waals surface area contributed by atoms with Gasteiger partial charge in [0.15, 0.2) is 5.82 Å². The molecule has 3 aromatic rings. The van der Waals surface area contributed by atoms with Crippen molar-refractivity contribution < 1.29 is 9.59 Å². The number of piperidine rings is 1. The average molecular weight is 518 g/mol. The number of aromatic nitrogens is 4. The van der Waals surface area contributed by atoms with Gasteiger partial charge < -0.3 is 15.5 Å². The van der Waals surface area contributed by atoms with E-state index in [0.29, 0.717) is 43.9 Å². The molecule has 2 aliphatic heterocycles. The highest BCUT2D eigenvalue weighted by Crippen LogP contribution is 2.30. The second-order valence-electron chi connectivity index (χ2n) is 9.43. The van der Waals surface area contributed by atoms with Gasteiger partial charge in [-0.15, -0.1) is 11.3 Å². The zero-order valence-electron chi connectivity index (χ0n) is 21.1. The van der Waals surface area contributed by atoms with E-state index < -0.39 is 0 Å². The lowest BCUT2D eigenvalue weighted by Gasteiger charge is -2.31. The SMILES string of the molecule is Cc1cc(C)n(C2=C(NC(=O)c3csc(C4CCN(C(=O)CCc5cccnc5)CC4)n3)C=CCN2)n1. The summed E-state index contributed by atoms with van der Waals surface area (Å²) in [6, 6.07) is 5.90. The number of amides is 2. The van der Waals surface area contributed by atoms with Crippen molar-refractivity contribution in [3.63, 3.8) is 0 Å². The summed E-state index contributed by atoms with van der Waals surface area (Å²) in [7, 11) is 0. The van der Waals surface area contributed by atoms with Gasteiger partial charge in [0, 0.05) is 55.4 Å². The predicted octanol–water partition coefficient (Wildman–Crippen LogP) is 3.41. The van der Waals surface area contributed by atoms with Crippen LogP contribution in [0, 0.1) is 13.8 Å². The number of rotatable bonds is 7. The standard InChI is InChI=1S/C27H31N7O2S/c1-18-15-19(2)34(32-18)25-22(6-4-12-29-25)30-26(36)23-17-37-27(31-23)21-9-13-33(14-10-21)24(35)8-7-20-5-3-11-28-16-20/h3-6,11,15-17,21,29H,7-10,12-14H2,1-2H3,(H,30,36). The molecule has 0 aliphatic carbocycles. The summed E-state index contributed by atoms with van der Waals surface area (Å²) in [5.74, 6) is 0.947. The number of thiazole rings is 1. The summed E-state index contributed by atoms with van der Waals surface area (Å²) in [6.45, 7) is 6.03. The summed E-state index contributed by atoms with van der Waals surface area (Å²) in [5.41, 5.74) is 4.05. The average Bonchev–Trinajstić information content (AvgIpc) is 3.55. The number of allylic oxidation sites excluding steroid dienone is 1. The Morgan fingerprint density at radius 2 is 2.08 bits per heavy atom. The molecule has 5 heterocycles. The van der Waals surface area contributed by atoms with Crippen LogP contribution in [0.3, 0.4) is 0 Å². The van der Waals surface area contributed by atoms with Crippen LogP contribution in [-0.2, 0) is 11.2 Å². The van der Waals surface area contributed by atoms with Gasteiger partial charge in [-0.3, -0.25) is 14.6 Å². The number of likely N-dealkylation sites (tertiary alicyclic amines) is 1. The Balaban J connectivity index is 1.18. The highest BCUT2D eigenvalue weighted by molar-refractivity contribution is 7.09.